The molecule has 0 spiro atoms. The van der Waals surface area contributed by atoms with Crippen LogP contribution in [0, 0.1) is 23.7 Å². The van der Waals surface area contributed by atoms with Gasteiger partial charge in [-0.25, -0.2) is 24.5 Å². The SMILES string of the molecule is CC(C)c1[nH+]c(CN(C)C(=O)C[C@H](C(=O)N[C@@H](Cc2ccccc2)C[C@H](O)[C@H](Cc2ccccc2)NC(=O)OCc2c[nH+]cs2)C(C)C)cs1.CC(C)c1nc(CN(C)C(=O)C[C@H](C(=O)N[C@@H](Cc2ccccc2)C[C@H](O)[C@H](Cc2ccccc2)NC(=O)OCc2cncs2)C(C)C)cs1.[Cl-].[Cl-]. The number of rotatable bonds is 36. The number of hydrogen-bond donors (Lipinski definition) is 6. The summed E-state index contributed by atoms with van der Waals surface area (Å²) in [6, 6.07) is 36.4. The van der Waals surface area contributed by atoms with Crippen LogP contribution in [0.1, 0.15) is 146 Å². The molecule has 8 aromatic rings. The zero-order valence-electron chi connectivity index (χ0n) is 59.8. The van der Waals surface area contributed by atoms with E-state index in [4.69, 9.17) is 9.47 Å². The molecule has 0 fully saturated rings. The smallest absolute Gasteiger partial charge is 0.407 e. The van der Waals surface area contributed by atoms with Gasteiger partial charge in [-0.2, -0.15) is 0 Å². The second-order valence-corrected chi connectivity index (χ2v) is 30.5. The number of ether oxygens (including phenoxy) is 2. The fraction of sp³-hybridized carbons (Fsp3) is 0.447. The summed E-state index contributed by atoms with van der Waals surface area (Å²) < 4.78 is 10.9. The van der Waals surface area contributed by atoms with Gasteiger partial charge in [0.2, 0.25) is 39.8 Å². The Kier molecular flexibility index (Phi) is 36.7. The molecule has 26 heteroatoms. The van der Waals surface area contributed by atoms with Gasteiger partial charge in [0.1, 0.15) is 24.6 Å². The van der Waals surface area contributed by atoms with Crippen LogP contribution in [0.25, 0.3) is 0 Å². The van der Waals surface area contributed by atoms with Gasteiger partial charge in [0.05, 0.1) is 57.3 Å². The van der Waals surface area contributed by atoms with Crippen molar-refractivity contribution >= 4 is 81.2 Å². The molecule has 20 nitrogen and oxygen atoms in total. The highest BCUT2D eigenvalue weighted by atomic mass is 35.5. The van der Waals surface area contributed by atoms with Gasteiger partial charge in [-0.15, -0.1) is 22.7 Å². The molecule has 4 heterocycles. The molecule has 4 aromatic heterocycles. The van der Waals surface area contributed by atoms with E-state index < -0.39 is 60.4 Å². The van der Waals surface area contributed by atoms with Gasteiger partial charge in [-0.1, -0.05) is 199 Å². The molecular weight excluding hydrogens is 1410 g/mol. The van der Waals surface area contributed by atoms with Crippen molar-refractivity contribution in [2.24, 2.45) is 23.7 Å². The lowest BCUT2D eigenvalue weighted by molar-refractivity contribution is -0.398. The number of thiazole rings is 4. The lowest BCUT2D eigenvalue weighted by Crippen LogP contribution is -3.00. The molecular formula is C76H100Cl2N10O10S4. The molecule has 0 saturated carbocycles. The number of aliphatic hydroxyl groups excluding tert-OH is 2. The maximum absolute atomic E-state index is 13.9. The van der Waals surface area contributed by atoms with E-state index in [0.717, 1.165) is 53.4 Å². The summed E-state index contributed by atoms with van der Waals surface area (Å²) in [6.45, 7) is 17.2. The number of benzene rings is 4. The standard InChI is InChI=1S/2C38H49N5O5S2.2ClH/c2*1-25(2)32(19-35(45)43(5)21-30-23-49-37(41-30)26(3)4)36(46)40-29(16-27-12-8-6-9-13-27)18-34(44)33(17-28-14-10-7-11-15-28)42-38(47)48-22-31-20-39-24-50-31;;/h2*6-15,20,23-26,29,32-34,44H,16-19,21-22H2,1-5H3,(H,40,46)(H,42,47);2*1H/t2*29-,32-,33-,34-;;/m00../s1. The molecule has 8 rings (SSSR count). The summed E-state index contributed by atoms with van der Waals surface area (Å²) in [5, 5.41) is 41.7. The molecule has 0 aliphatic heterocycles. The summed E-state index contributed by atoms with van der Waals surface area (Å²) >= 11 is 6.06. The van der Waals surface area contributed by atoms with Crippen molar-refractivity contribution in [3.63, 3.8) is 0 Å². The number of aliphatic hydroxyl groups is 2. The minimum absolute atomic E-state index is 0. The zero-order chi connectivity index (χ0) is 72.1. The predicted octanol–water partition coefficient (Wildman–Crippen LogP) is 5.57. The van der Waals surface area contributed by atoms with Crippen molar-refractivity contribution in [3.05, 3.63) is 209 Å². The van der Waals surface area contributed by atoms with Gasteiger partial charge in [-0.3, -0.25) is 24.2 Å². The van der Waals surface area contributed by atoms with Crippen LogP contribution in [0.5, 0.6) is 0 Å². The molecule has 0 aliphatic carbocycles. The van der Waals surface area contributed by atoms with Crippen LogP contribution in [-0.4, -0.2) is 116 Å². The van der Waals surface area contributed by atoms with Crippen molar-refractivity contribution in [1.29, 1.82) is 0 Å². The first-order valence-electron chi connectivity index (χ1n) is 34.2. The maximum atomic E-state index is 13.9. The number of aromatic amines is 2. The number of carbonyl (C=O) groups is 6. The third-order valence-corrected chi connectivity index (χ3v) is 21.1. The average Bonchev–Trinajstić information content (AvgIpc) is 1.24. The quantitative estimate of drug-likeness (QED) is 0.0282. The largest absolute Gasteiger partial charge is 1.00 e. The topological polar surface area (TPSA) is 270 Å². The van der Waals surface area contributed by atoms with Crippen molar-refractivity contribution in [1.82, 2.24) is 41.0 Å². The van der Waals surface area contributed by atoms with E-state index in [9.17, 15) is 39.0 Å². The number of H-pyrrole nitrogens is 2. The molecule has 6 amide bonds. The van der Waals surface area contributed by atoms with E-state index >= 15 is 0 Å². The number of carbonyl (C=O) groups excluding carboxylic acids is 6. The van der Waals surface area contributed by atoms with Crippen LogP contribution in [0.15, 0.2) is 156 Å². The third-order valence-electron chi connectivity index (χ3n) is 17.2. The van der Waals surface area contributed by atoms with E-state index in [-0.39, 0.29) is 99.2 Å². The van der Waals surface area contributed by atoms with Crippen molar-refractivity contribution in [2.45, 2.75) is 181 Å². The highest BCUT2D eigenvalue weighted by Crippen LogP contribution is 2.25. The summed E-state index contributed by atoms with van der Waals surface area (Å²) in [7, 11) is 3.50. The predicted molar refractivity (Wildman–Crippen MR) is 393 cm³/mol. The van der Waals surface area contributed by atoms with Crippen molar-refractivity contribution in [2.75, 3.05) is 14.1 Å². The molecule has 102 heavy (non-hydrogen) atoms. The van der Waals surface area contributed by atoms with Crippen LogP contribution in [0.3, 0.4) is 0 Å². The van der Waals surface area contributed by atoms with E-state index in [0.29, 0.717) is 50.6 Å². The summed E-state index contributed by atoms with van der Waals surface area (Å²) in [6.07, 6.45) is 2.17. The van der Waals surface area contributed by atoms with Crippen LogP contribution < -0.4 is 56.0 Å². The maximum Gasteiger partial charge on any atom is 0.407 e. The Morgan fingerprint density at radius 1 is 0.529 bits per heavy atom. The molecule has 0 radical (unpaired) electrons. The molecule has 8 N–H and O–H groups in total. The van der Waals surface area contributed by atoms with Gasteiger partial charge >= 0.3 is 12.2 Å². The Hall–Kier alpha value is -7.68. The second-order valence-electron chi connectivity index (χ2n) is 26.8. The van der Waals surface area contributed by atoms with Crippen LogP contribution in [0.2, 0.25) is 0 Å². The number of hydrogen-bond acceptors (Lipinski definition) is 16. The Labute approximate surface area is 629 Å². The van der Waals surface area contributed by atoms with Gasteiger partial charge in [-0.05, 0) is 72.6 Å². The van der Waals surface area contributed by atoms with Gasteiger partial charge in [0.15, 0.2) is 6.20 Å². The van der Waals surface area contributed by atoms with E-state index in [1.165, 1.54) is 22.7 Å². The Morgan fingerprint density at radius 3 is 1.35 bits per heavy atom. The first kappa shape index (κ1) is 85.0. The number of aromatic nitrogens is 4. The summed E-state index contributed by atoms with van der Waals surface area (Å²) in [5.74, 6) is -1.40. The van der Waals surface area contributed by atoms with Crippen molar-refractivity contribution < 1.29 is 83.2 Å². The molecule has 552 valence electrons. The molecule has 0 bridgehead atoms. The Morgan fingerprint density at radius 2 is 0.971 bits per heavy atom. The van der Waals surface area contributed by atoms with E-state index in [2.05, 4.69) is 68.9 Å². The van der Waals surface area contributed by atoms with Crippen LogP contribution in [0.4, 0.5) is 9.59 Å². The van der Waals surface area contributed by atoms with Gasteiger partial charge in [0, 0.05) is 74.3 Å². The molecule has 0 aliphatic rings. The molecule has 8 atom stereocenters. The fourth-order valence-corrected chi connectivity index (χ4v) is 14.1. The highest BCUT2D eigenvalue weighted by molar-refractivity contribution is 7.10. The number of halogens is 2. The van der Waals surface area contributed by atoms with Crippen molar-refractivity contribution in [3.8, 4) is 0 Å². The first-order valence-corrected chi connectivity index (χ1v) is 37.7. The lowest BCUT2D eigenvalue weighted by Gasteiger charge is -2.30. The van der Waals surface area contributed by atoms with E-state index in [1.807, 2.05) is 160 Å². The fourth-order valence-electron chi connectivity index (χ4n) is 11.3. The van der Waals surface area contributed by atoms with Gasteiger partial charge in [0.25, 0.3) is 0 Å². The minimum Gasteiger partial charge on any atom is -1.00 e. The Balaban J connectivity index is 0.000000360. The Bertz CT molecular complexity index is 3490. The summed E-state index contributed by atoms with van der Waals surface area (Å²) in [5.41, 5.74) is 9.12. The minimum atomic E-state index is -1.03. The van der Waals surface area contributed by atoms with Crippen LogP contribution >= 0.6 is 45.3 Å². The normalized spacial score (nSPS) is 13.5. The highest BCUT2D eigenvalue weighted by Gasteiger charge is 2.34. The number of nitrogens with zero attached hydrogens (tertiary/aromatic N) is 4. The second kappa shape index (κ2) is 44.1. The molecule has 4 aromatic carbocycles. The number of alkyl carbamates (subject to hydrolysis) is 2. The van der Waals surface area contributed by atoms with E-state index in [1.54, 1.807) is 70.0 Å². The third kappa shape index (κ3) is 29.2. The summed E-state index contributed by atoms with van der Waals surface area (Å²) in [4.78, 5) is 100. The molecule has 0 saturated heterocycles. The number of nitrogens with one attached hydrogen (secondary N) is 6. The lowest BCUT2D eigenvalue weighted by atomic mass is 9.89. The average molecular weight is 1510 g/mol. The number of amides is 6. The molecule has 0 unspecified atom stereocenters. The zero-order valence-corrected chi connectivity index (χ0v) is 64.5. The van der Waals surface area contributed by atoms with Crippen LogP contribution in [-0.2, 0) is 80.6 Å². The monoisotopic (exact) mass is 1510 g/mol. The van der Waals surface area contributed by atoms with Gasteiger partial charge < -0.3 is 75.6 Å². The first-order chi connectivity index (χ1) is 48.0.